The summed E-state index contributed by atoms with van der Waals surface area (Å²) in [5, 5.41) is 16.4. The first-order valence-electron chi connectivity index (χ1n) is 1.95. The molecule has 0 aliphatic rings. The summed E-state index contributed by atoms with van der Waals surface area (Å²) < 4.78 is 7.70. The van der Waals surface area contributed by atoms with Crippen LogP contribution in [0.4, 0.5) is 0 Å². The molecule has 0 amide bonds. The van der Waals surface area contributed by atoms with Crippen molar-refractivity contribution in [2.75, 3.05) is 0 Å². The molecule has 0 heterocycles. The van der Waals surface area contributed by atoms with Gasteiger partial charge in [0.2, 0.25) is 0 Å². The summed E-state index contributed by atoms with van der Waals surface area (Å²) in [5.74, 6) is 0. The van der Waals surface area contributed by atoms with E-state index in [9.17, 15) is 0 Å². The van der Waals surface area contributed by atoms with Crippen molar-refractivity contribution in [3.8, 4) is 7.26 Å². The topological polar surface area (TPSA) is 47.6 Å². The van der Waals surface area contributed by atoms with Gasteiger partial charge in [-0.15, -0.1) is 0 Å². The third kappa shape index (κ3) is 2.58. The van der Waals surface area contributed by atoms with Gasteiger partial charge in [0.1, 0.15) is 0 Å². The van der Waals surface area contributed by atoms with E-state index in [2.05, 4.69) is 7.26 Å². The van der Waals surface area contributed by atoms with Crippen molar-refractivity contribution in [3.63, 3.8) is 0 Å². The van der Waals surface area contributed by atoms with Gasteiger partial charge in [0.25, 0.3) is 0 Å². The number of rotatable bonds is 0. The first-order chi connectivity index (χ1) is 3.12. The van der Waals surface area contributed by atoms with E-state index >= 15 is 0 Å². The van der Waals surface area contributed by atoms with Crippen LogP contribution in [-0.2, 0) is 0 Å². The van der Waals surface area contributed by atoms with Crippen LogP contribution in [0.1, 0.15) is 0 Å². The molecule has 2 nitrogen and oxygen atoms in total. The molecule has 0 aliphatic heterocycles. The summed E-state index contributed by atoms with van der Waals surface area (Å²) in [6.07, 6.45) is 0. The van der Waals surface area contributed by atoms with Gasteiger partial charge in [0.15, 0.2) is 0 Å². The molecule has 0 saturated heterocycles. The van der Waals surface area contributed by atoms with Gasteiger partial charge in [-0.3, -0.25) is 0 Å². The molecule has 7 heavy (non-hydrogen) atoms. The Bertz CT molecular complexity index is 121. The normalized spacial score (nSPS) is 9.14. The van der Waals surface area contributed by atoms with E-state index in [1.807, 2.05) is 0 Å². The predicted octanol–water partition coefficient (Wildman–Crippen LogP) is 0.820. The summed E-state index contributed by atoms with van der Waals surface area (Å²) in [7, 11) is 0. The minimum absolute atomic E-state index is 1.80. The van der Waals surface area contributed by atoms with Gasteiger partial charge in [-0.1, -0.05) is 0 Å². The van der Waals surface area contributed by atoms with Gasteiger partial charge in [-0.25, -0.2) is 0 Å². The number of hydrogen-bond acceptors (Lipinski definition) is 2. The average Bonchev–Trinajstić information content (AvgIpc) is 1.68. The van der Waals surface area contributed by atoms with Crippen LogP contribution in [0.15, 0.2) is 0 Å². The minimum atomic E-state index is -2.78. The quantitative estimate of drug-likeness (QED) is 0.620. The first kappa shape index (κ1) is 6.90. The summed E-state index contributed by atoms with van der Waals surface area (Å²) in [6, 6.07) is 0. The average molecular weight is 289 g/mol. The van der Waals surface area contributed by atoms with Crippen molar-refractivity contribution in [1.29, 1.82) is 10.5 Å². The van der Waals surface area contributed by atoms with E-state index in [-0.39, 0.29) is 0 Å². The summed E-state index contributed by atoms with van der Waals surface area (Å²) in [4.78, 5) is 0. The fraction of sp³-hybridized carbons (Fsp3) is 0.500. The van der Waals surface area contributed by atoms with Gasteiger partial charge in [-0.2, -0.15) is 0 Å². The molecular formula is C4H6N2Pb. The van der Waals surface area contributed by atoms with E-state index in [4.69, 9.17) is 10.5 Å². The molecule has 36 valence electrons. The number of nitriles is 2. The van der Waals surface area contributed by atoms with Crippen molar-refractivity contribution in [3.05, 3.63) is 0 Å². The molecule has 0 rings (SSSR count). The Labute approximate surface area is 48.0 Å². The van der Waals surface area contributed by atoms with Crippen molar-refractivity contribution < 1.29 is 0 Å². The second-order valence-corrected chi connectivity index (χ2v) is 16.2. The number of hydrogen-bond donors (Lipinski definition) is 0. The summed E-state index contributed by atoms with van der Waals surface area (Å²) >= 11 is -2.78. The zero-order valence-electron chi connectivity index (χ0n) is 4.39. The third-order valence-corrected chi connectivity index (χ3v) is 4.91. The second-order valence-electron chi connectivity index (χ2n) is 1.85. The van der Waals surface area contributed by atoms with E-state index in [1.165, 1.54) is 0 Å². The van der Waals surface area contributed by atoms with Crippen LogP contribution >= 0.6 is 0 Å². The zero-order chi connectivity index (χ0) is 5.91. The SMILES string of the molecule is [CH3][Pb]([CH3])([C]#N)[C]#N. The molecule has 0 bridgehead atoms. The zero-order valence-corrected chi connectivity index (χ0v) is 8.28. The molecule has 0 aromatic carbocycles. The Morgan fingerprint density at radius 1 is 1.14 bits per heavy atom. The molecule has 0 unspecified atom stereocenters. The van der Waals surface area contributed by atoms with E-state index in [0.29, 0.717) is 0 Å². The van der Waals surface area contributed by atoms with Crippen LogP contribution in [0.25, 0.3) is 0 Å². The van der Waals surface area contributed by atoms with Crippen LogP contribution in [0.2, 0.25) is 8.97 Å². The fourth-order valence-electron chi connectivity index (χ4n) is 0.0250. The Morgan fingerprint density at radius 2 is 1.43 bits per heavy atom. The second kappa shape index (κ2) is 2.27. The van der Waals surface area contributed by atoms with Gasteiger partial charge in [0, 0.05) is 0 Å². The predicted molar refractivity (Wildman–Crippen MR) is 28.7 cm³/mol. The van der Waals surface area contributed by atoms with Crippen LogP contribution in [-0.4, -0.2) is 21.2 Å². The molecular weight excluding hydrogens is 283 g/mol. The van der Waals surface area contributed by atoms with Gasteiger partial charge < -0.3 is 0 Å². The molecule has 0 N–H and O–H groups in total. The Morgan fingerprint density at radius 3 is 1.43 bits per heavy atom. The Kier molecular flexibility index (Phi) is 2.24. The van der Waals surface area contributed by atoms with E-state index < -0.39 is 21.2 Å². The molecule has 0 radical (unpaired) electrons. The van der Waals surface area contributed by atoms with Crippen molar-refractivity contribution in [2.45, 2.75) is 8.97 Å². The fourth-order valence-corrected chi connectivity index (χ4v) is 0.219. The van der Waals surface area contributed by atoms with E-state index in [1.54, 1.807) is 8.97 Å². The third-order valence-electron chi connectivity index (χ3n) is 0.559. The molecule has 0 aromatic heterocycles. The maximum atomic E-state index is 8.22. The van der Waals surface area contributed by atoms with Crippen LogP contribution in [0, 0.1) is 17.8 Å². The molecule has 0 fully saturated rings. The van der Waals surface area contributed by atoms with Crippen molar-refractivity contribution in [1.82, 2.24) is 0 Å². The molecule has 3 heteroatoms. The van der Waals surface area contributed by atoms with Gasteiger partial charge in [0.05, 0.1) is 0 Å². The van der Waals surface area contributed by atoms with Crippen molar-refractivity contribution >= 4 is 21.2 Å². The molecule has 0 aliphatic carbocycles. The summed E-state index contributed by atoms with van der Waals surface area (Å²) in [5.41, 5.74) is 0. The van der Waals surface area contributed by atoms with Crippen LogP contribution < -0.4 is 0 Å². The molecule has 0 atom stereocenters. The van der Waals surface area contributed by atoms with Gasteiger partial charge >= 0.3 is 47.9 Å². The molecule has 0 aromatic rings. The van der Waals surface area contributed by atoms with Crippen LogP contribution in [0.3, 0.4) is 0 Å². The number of nitrogens with zero attached hydrogens (tertiary/aromatic N) is 2. The Hall–Kier alpha value is -0.0979. The van der Waals surface area contributed by atoms with Gasteiger partial charge in [-0.05, 0) is 0 Å². The monoisotopic (exact) mass is 290 g/mol. The van der Waals surface area contributed by atoms with Crippen LogP contribution in [0.5, 0.6) is 0 Å². The van der Waals surface area contributed by atoms with Crippen molar-refractivity contribution in [2.24, 2.45) is 0 Å². The van der Waals surface area contributed by atoms with E-state index in [0.717, 1.165) is 0 Å². The summed E-state index contributed by atoms with van der Waals surface area (Å²) in [6.45, 7) is 0. The Balaban J connectivity index is 4.00. The maximum absolute atomic E-state index is 8.22. The standard InChI is InChI=1S/2CN.2CH3.Pb/c2*1-2;;;/h;;2*1H3;. The molecule has 0 spiro atoms. The first-order valence-corrected chi connectivity index (χ1v) is 13.6. The molecule has 0 saturated carbocycles.